The number of carbonyl (C=O) groups excluding carboxylic acids is 3. The number of carbonyl (C=O) groups is 3. The molecule has 3 heterocycles. The van der Waals surface area contributed by atoms with Crippen LogP contribution in [0, 0.1) is 0 Å². The van der Waals surface area contributed by atoms with Crippen LogP contribution < -0.4 is 0 Å². The minimum atomic E-state index is -1.18. The Morgan fingerprint density at radius 1 is 1.06 bits per heavy atom. The molecule has 8 nitrogen and oxygen atoms in total. The molecule has 0 radical (unpaired) electrons. The van der Waals surface area contributed by atoms with Gasteiger partial charge in [-0.3, -0.25) is 29.2 Å². The standard InChI is InChI=1S/C25H30N4O4/c1-33-15-14-27-10-12-28(13-11-27)22(30)16-25(21-7-3-2-4-8-21)17-23(31)29(24(25)32)19-20-6-5-9-26-18-20/h2-9,18H,10-17,19H2,1H3. The molecule has 1 unspecified atom stereocenters. The Labute approximate surface area is 194 Å². The summed E-state index contributed by atoms with van der Waals surface area (Å²) in [6, 6.07) is 12.9. The van der Waals surface area contributed by atoms with Gasteiger partial charge >= 0.3 is 0 Å². The van der Waals surface area contributed by atoms with E-state index in [1.54, 1.807) is 25.6 Å². The second-order valence-electron chi connectivity index (χ2n) is 8.66. The molecular formula is C25H30N4O4. The van der Waals surface area contributed by atoms with Gasteiger partial charge in [0.25, 0.3) is 0 Å². The summed E-state index contributed by atoms with van der Waals surface area (Å²) in [5.41, 5.74) is 0.316. The summed E-state index contributed by atoms with van der Waals surface area (Å²) in [6.07, 6.45) is 3.29. The van der Waals surface area contributed by atoms with Crippen LogP contribution in [-0.4, -0.2) is 83.8 Å². The Morgan fingerprint density at radius 2 is 1.82 bits per heavy atom. The van der Waals surface area contributed by atoms with E-state index in [0.717, 1.165) is 25.2 Å². The van der Waals surface area contributed by atoms with Crippen molar-refractivity contribution >= 4 is 17.7 Å². The Bertz CT molecular complexity index is 976. The monoisotopic (exact) mass is 450 g/mol. The third-order valence-electron chi connectivity index (χ3n) is 6.59. The van der Waals surface area contributed by atoms with Crippen LogP contribution in [0.15, 0.2) is 54.9 Å². The smallest absolute Gasteiger partial charge is 0.241 e. The minimum Gasteiger partial charge on any atom is -0.383 e. The summed E-state index contributed by atoms with van der Waals surface area (Å²) >= 11 is 0. The summed E-state index contributed by atoms with van der Waals surface area (Å²) in [4.78, 5) is 49.5. The molecule has 4 rings (SSSR count). The quantitative estimate of drug-likeness (QED) is 0.567. The molecule has 1 aromatic heterocycles. The summed E-state index contributed by atoms with van der Waals surface area (Å²) in [5, 5.41) is 0. The number of rotatable bonds is 8. The average Bonchev–Trinajstić information content (AvgIpc) is 3.09. The number of methoxy groups -OCH3 is 1. The van der Waals surface area contributed by atoms with E-state index in [-0.39, 0.29) is 37.1 Å². The van der Waals surface area contributed by atoms with Crippen LogP contribution in [0.5, 0.6) is 0 Å². The molecular weight excluding hydrogens is 420 g/mol. The summed E-state index contributed by atoms with van der Waals surface area (Å²) < 4.78 is 5.14. The molecule has 2 aliphatic heterocycles. The third kappa shape index (κ3) is 4.96. The maximum atomic E-state index is 13.7. The highest BCUT2D eigenvalue weighted by atomic mass is 16.5. The molecule has 8 heteroatoms. The largest absolute Gasteiger partial charge is 0.383 e. The molecule has 1 aromatic carbocycles. The van der Waals surface area contributed by atoms with Gasteiger partial charge in [-0.05, 0) is 17.2 Å². The molecule has 2 fully saturated rings. The van der Waals surface area contributed by atoms with Crippen molar-refractivity contribution in [3.8, 4) is 0 Å². The maximum absolute atomic E-state index is 13.7. The number of hydrogen-bond donors (Lipinski definition) is 0. The molecule has 0 N–H and O–H groups in total. The van der Waals surface area contributed by atoms with Gasteiger partial charge in [0.1, 0.15) is 0 Å². The number of ether oxygens (including phenoxy) is 1. The van der Waals surface area contributed by atoms with Gasteiger partial charge in [-0.2, -0.15) is 0 Å². The third-order valence-corrected chi connectivity index (χ3v) is 6.59. The normalized spacial score (nSPS) is 21.6. The lowest BCUT2D eigenvalue weighted by Crippen LogP contribution is -2.51. The Morgan fingerprint density at radius 3 is 2.48 bits per heavy atom. The Kier molecular flexibility index (Phi) is 7.15. The molecule has 174 valence electrons. The molecule has 33 heavy (non-hydrogen) atoms. The van der Waals surface area contributed by atoms with Crippen molar-refractivity contribution < 1.29 is 19.1 Å². The molecule has 0 bridgehead atoms. The summed E-state index contributed by atoms with van der Waals surface area (Å²) in [6.45, 7) is 4.41. The fourth-order valence-electron chi connectivity index (χ4n) is 4.67. The number of imide groups is 1. The molecule has 0 saturated carbocycles. The fraction of sp³-hybridized carbons (Fsp3) is 0.440. The van der Waals surface area contributed by atoms with E-state index in [2.05, 4.69) is 9.88 Å². The number of benzene rings is 1. The van der Waals surface area contributed by atoms with Gasteiger partial charge in [0, 0.05) is 65.1 Å². The predicted octanol–water partition coefficient (Wildman–Crippen LogP) is 1.46. The molecule has 0 aliphatic carbocycles. The number of piperazine rings is 1. The number of aromatic nitrogens is 1. The Hall–Kier alpha value is -3.10. The van der Waals surface area contributed by atoms with Crippen molar-refractivity contribution in [2.75, 3.05) is 46.4 Å². The number of amides is 3. The predicted molar refractivity (Wildman–Crippen MR) is 122 cm³/mol. The van der Waals surface area contributed by atoms with Gasteiger partial charge in [0.15, 0.2) is 0 Å². The van der Waals surface area contributed by atoms with E-state index >= 15 is 0 Å². The lowest BCUT2D eigenvalue weighted by atomic mass is 9.75. The molecule has 3 amide bonds. The van der Waals surface area contributed by atoms with Gasteiger partial charge in [-0.1, -0.05) is 36.4 Å². The second kappa shape index (κ2) is 10.2. The van der Waals surface area contributed by atoms with E-state index in [1.807, 2.05) is 41.3 Å². The van der Waals surface area contributed by atoms with Crippen LogP contribution in [0.4, 0.5) is 0 Å². The van der Waals surface area contributed by atoms with Crippen LogP contribution in [0.1, 0.15) is 24.0 Å². The van der Waals surface area contributed by atoms with E-state index in [4.69, 9.17) is 4.74 Å². The minimum absolute atomic E-state index is 0.00431. The van der Waals surface area contributed by atoms with Crippen molar-refractivity contribution in [2.24, 2.45) is 0 Å². The molecule has 2 aliphatic rings. The summed E-state index contributed by atoms with van der Waals surface area (Å²) in [7, 11) is 1.68. The van der Waals surface area contributed by atoms with Crippen LogP contribution in [-0.2, 0) is 31.1 Å². The van der Waals surface area contributed by atoms with Crippen molar-refractivity contribution in [2.45, 2.75) is 24.8 Å². The first-order valence-corrected chi connectivity index (χ1v) is 11.3. The molecule has 2 saturated heterocycles. The van der Waals surface area contributed by atoms with Gasteiger partial charge in [0.2, 0.25) is 17.7 Å². The van der Waals surface area contributed by atoms with Crippen LogP contribution in [0.3, 0.4) is 0 Å². The van der Waals surface area contributed by atoms with E-state index < -0.39 is 5.41 Å². The number of likely N-dealkylation sites (tertiary alicyclic amines) is 1. The van der Waals surface area contributed by atoms with Crippen LogP contribution in [0.2, 0.25) is 0 Å². The van der Waals surface area contributed by atoms with Crippen molar-refractivity contribution in [1.82, 2.24) is 19.7 Å². The van der Waals surface area contributed by atoms with Gasteiger partial charge in [-0.25, -0.2) is 0 Å². The lowest BCUT2D eigenvalue weighted by molar-refractivity contribution is -0.143. The lowest BCUT2D eigenvalue weighted by Gasteiger charge is -2.36. The van der Waals surface area contributed by atoms with Crippen molar-refractivity contribution in [1.29, 1.82) is 0 Å². The molecule has 1 atom stereocenters. The first-order chi connectivity index (χ1) is 16.0. The molecule has 2 aromatic rings. The highest BCUT2D eigenvalue weighted by molar-refractivity contribution is 6.10. The topological polar surface area (TPSA) is 83.1 Å². The zero-order chi connectivity index (χ0) is 23.3. The van der Waals surface area contributed by atoms with E-state index in [1.165, 1.54) is 4.90 Å². The first-order valence-electron chi connectivity index (χ1n) is 11.3. The summed E-state index contributed by atoms with van der Waals surface area (Å²) in [5.74, 6) is -0.658. The van der Waals surface area contributed by atoms with Crippen molar-refractivity contribution in [3.05, 3.63) is 66.0 Å². The van der Waals surface area contributed by atoms with E-state index in [9.17, 15) is 14.4 Å². The number of nitrogens with zero attached hydrogens (tertiary/aromatic N) is 4. The van der Waals surface area contributed by atoms with Gasteiger partial charge in [-0.15, -0.1) is 0 Å². The van der Waals surface area contributed by atoms with E-state index in [0.29, 0.717) is 25.3 Å². The fourth-order valence-corrected chi connectivity index (χ4v) is 4.67. The van der Waals surface area contributed by atoms with Crippen LogP contribution in [0.25, 0.3) is 0 Å². The first kappa shape index (κ1) is 23.1. The highest BCUT2D eigenvalue weighted by Crippen LogP contribution is 2.41. The SMILES string of the molecule is COCCN1CCN(C(=O)CC2(c3ccccc3)CC(=O)N(Cc3cccnc3)C2=O)CC1. The average molecular weight is 451 g/mol. The highest BCUT2D eigenvalue weighted by Gasteiger charge is 2.54. The second-order valence-corrected chi connectivity index (χ2v) is 8.66. The number of hydrogen-bond acceptors (Lipinski definition) is 6. The zero-order valence-corrected chi connectivity index (χ0v) is 19.0. The number of pyridine rings is 1. The zero-order valence-electron chi connectivity index (χ0n) is 19.0. The molecule has 0 spiro atoms. The van der Waals surface area contributed by atoms with Crippen molar-refractivity contribution in [3.63, 3.8) is 0 Å². The maximum Gasteiger partial charge on any atom is 0.241 e. The van der Waals surface area contributed by atoms with Gasteiger partial charge in [0.05, 0.1) is 18.6 Å². The van der Waals surface area contributed by atoms with Crippen LogP contribution >= 0.6 is 0 Å². The van der Waals surface area contributed by atoms with Gasteiger partial charge < -0.3 is 9.64 Å². The Balaban J connectivity index is 1.53.